The lowest BCUT2D eigenvalue weighted by atomic mass is 10.1. The molecular weight excluding hydrogens is 360 g/mol. The molecule has 7 heteroatoms. The molecule has 1 N–H and O–H groups in total. The molecule has 2 aromatic carbocycles. The van der Waals surface area contributed by atoms with E-state index in [2.05, 4.69) is 4.98 Å². The third kappa shape index (κ3) is 4.09. The van der Waals surface area contributed by atoms with Crippen LogP contribution in [0.15, 0.2) is 41.5 Å². The highest BCUT2D eigenvalue weighted by molar-refractivity contribution is 5.81. The Morgan fingerprint density at radius 3 is 2.46 bits per heavy atom. The van der Waals surface area contributed by atoms with E-state index < -0.39 is 6.10 Å². The van der Waals surface area contributed by atoms with Crippen molar-refractivity contribution in [2.24, 2.45) is 0 Å². The minimum absolute atomic E-state index is 0.0698. The van der Waals surface area contributed by atoms with Crippen LogP contribution in [-0.4, -0.2) is 41.6 Å². The van der Waals surface area contributed by atoms with Crippen molar-refractivity contribution < 1.29 is 19.3 Å². The van der Waals surface area contributed by atoms with Gasteiger partial charge < -0.3 is 19.3 Å². The molecule has 0 unspecified atom stereocenters. The van der Waals surface area contributed by atoms with E-state index in [1.54, 1.807) is 12.1 Å². The van der Waals surface area contributed by atoms with Crippen LogP contribution >= 0.6 is 0 Å². The number of benzene rings is 2. The van der Waals surface area contributed by atoms with E-state index >= 15 is 0 Å². The maximum atomic E-state index is 12.8. The predicted octanol–water partition coefficient (Wildman–Crippen LogP) is 2.47. The molecule has 0 saturated heterocycles. The SMILES string of the molecule is COc1cc2ncn(C[C@@H](O)COc3ccc(C)cc3C)c(=O)c2cc1OC. The van der Waals surface area contributed by atoms with Crippen molar-refractivity contribution in [1.29, 1.82) is 0 Å². The van der Waals surface area contributed by atoms with Gasteiger partial charge in [-0.15, -0.1) is 0 Å². The molecule has 1 atom stereocenters. The van der Waals surface area contributed by atoms with E-state index in [1.807, 2.05) is 32.0 Å². The Morgan fingerprint density at radius 2 is 1.79 bits per heavy atom. The summed E-state index contributed by atoms with van der Waals surface area (Å²) in [5.74, 6) is 1.66. The van der Waals surface area contributed by atoms with Crippen molar-refractivity contribution in [3.05, 3.63) is 58.1 Å². The second kappa shape index (κ2) is 8.31. The number of aromatic nitrogens is 2. The van der Waals surface area contributed by atoms with Gasteiger partial charge in [0.15, 0.2) is 11.5 Å². The van der Waals surface area contributed by atoms with E-state index in [9.17, 15) is 9.90 Å². The van der Waals surface area contributed by atoms with Crippen LogP contribution in [0.3, 0.4) is 0 Å². The molecule has 148 valence electrons. The van der Waals surface area contributed by atoms with E-state index in [1.165, 1.54) is 25.1 Å². The lowest BCUT2D eigenvalue weighted by molar-refractivity contribution is 0.0911. The number of hydrogen-bond acceptors (Lipinski definition) is 6. The molecule has 0 aliphatic rings. The topological polar surface area (TPSA) is 82.8 Å². The van der Waals surface area contributed by atoms with Gasteiger partial charge in [0.05, 0.1) is 38.0 Å². The van der Waals surface area contributed by atoms with Crippen molar-refractivity contribution in [3.63, 3.8) is 0 Å². The number of fused-ring (bicyclic) bond motifs is 1. The highest BCUT2D eigenvalue weighted by Gasteiger charge is 2.14. The van der Waals surface area contributed by atoms with Gasteiger partial charge in [-0.2, -0.15) is 0 Å². The average molecular weight is 384 g/mol. The van der Waals surface area contributed by atoms with Gasteiger partial charge in [0, 0.05) is 6.07 Å². The number of rotatable bonds is 7. The number of aliphatic hydroxyl groups is 1. The fourth-order valence-electron chi connectivity index (χ4n) is 3.04. The highest BCUT2D eigenvalue weighted by Crippen LogP contribution is 2.29. The normalized spacial score (nSPS) is 12.0. The Balaban J connectivity index is 1.77. The van der Waals surface area contributed by atoms with Crippen LogP contribution in [0.1, 0.15) is 11.1 Å². The lowest BCUT2D eigenvalue weighted by Crippen LogP contribution is -2.30. The van der Waals surface area contributed by atoms with Crippen LogP contribution in [0.4, 0.5) is 0 Å². The summed E-state index contributed by atoms with van der Waals surface area (Å²) in [5, 5.41) is 10.7. The van der Waals surface area contributed by atoms with Gasteiger partial charge in [-0.3, -0.25) is 9.36 Å². The summed E-state index contributed by atoms with van der Waals surface area (Å²) in [6, 6.07) is 9.09. The first-order chi connectivity index (χ1) is 13.4. The van der Waals surface area contributed by atoms with E-state index in [0.717, 1.165) is 11.1 Å². The third-order valence-corrected chi connectivity index (χ3v) is 4.50. The number of nitrogens with zero attached hydrogens (tertiary/aromatic N) is 2. The van der Waals surface area contributed by atoms with Crippen molar-refractivity contribution in [3.8, 4) is 17.2 Å². The molecule has 3 rings (SSSR count). The molecule has 0 aliphatic carbocycles. The molecule has 3 aromatic rings. The predicted molar refractivity (Wildman–Crippen MR) is 107 cm³/mol. The van der Waals surface area contributed by atoms with Gasteiger partial charge in [0.1, 0.15) is 18.5 Å². The minimum Gasteiger partial charge on any atom is -0.493 e. The molecule has 7 nitrogen and oxygen atoms in total. The molecule has 0 aliphatic heterocycles. The maximum Gasteiger partial charge on any atom is 0.261 e. The zero-order valence-electron chi connectivity index (χ0n) is 16.4. The summed E-state index contributed by atoms with van der Waals surface area (Å²) in [7, 11) is 3.03. The van der Waals surface area contributed by atoms with Crippen molar-refractivity contribution in [2.75, 3.05) is 20.8 Å². The van der Waals surface area contributed by atoms with Crippen molar-refractivity contribution in [1.82, 2.24) is 9.55 Å². The van der Waals surface area contributed by atoms with Gasteiger partial charge in [0.2, 0.25) is 0 Å². The van der Waals surface area contributed by atoms with Gasteiger partial charge in [-0.25, -0.2) is 4.98 Å². The lowest BCUT2D eigenvalue weighted by Gasteiger charge is -2.16. The Hall–Kier alpha value is -3.06. The van der Waals surface area contributed by atoms with Crippen molar-refractivity contribution >= 4 is 10.9 Å². The molecule has 1 aromatic heterocycles. The summed E-state index contributed by atoms with van der Waals surface area (Å²) >= 11 is 0. The zero-order chi connectivity index (χ0) is 20.3. The molecule has 0 spiro atoms. The highest BCUT2D eigenvalue weighted by atomic mass is 16.5. The van der Waals surface area contributed by atoms with Crippen LogP contribution < -0.4 is 19.8 Å². The van der Waals surface area contributed by atoms with Gasteiger partial charge in [-0.1, -0.05) is 17.7 Å². The molecule has 0 fully saturated rings. The molecule has 1 heterocycles. The van der Waals surface area contributed by atoms with Crippen LogP contribution in [0.2, 0.25) is 0 Å². The van der Waals surface area contributed by atoms with E-state index in [4.69, 9.17) is 14.2 Å². The van der Waals surface area contributed by atoms with Crippen molar-refractivity contribution in [2.45, 2.75) is 26.5 Å². The monoisotopic (exact) mass is 384 g/mol. The zero-order valence-corrected chi connectivity index (χ0v) is 16.4. The Morgan fingerprint density at radius 1 is 1.07 bits per heavy atom. The Bertz CT molecular complexity index is 1040. The number of hydrogen-bond donors (Lipinski definition) is 1. The van der Waals surface area contributed by atoms with Crippen LogP contribution in [0.25, 0.3) is 10.9 Å². The number of methoxy groups -OCH3 is 2. The summed E-state index contributed by atoms with van der Waals surface area (Å²) in [6.07, 6.45) is 0.550. The Kier molecular flexibility index (Phi) is 5.84. The van der Waals surface area contributed by atoms with Gasteiger partial charge in [-0.05, 0) is 31.5 Å². The molecule has 0 amide bonds. The smallest absolute Gasteiger partial charge is 0.261 e. The number of aliphatic hydroxyl groups excluding tert-OH is 1. The quantitative estimate of drug-likeness (QED) is 0.674. The average Bonchev–Trinajstić information content (AvgIpc) is 2.68. The standard InChI is InChI=1S/C21H24N2O5/c1-13-5-6-18(14(2)7-13)28-11-15(24)10-23-12-22-17-9-20(27-4)19(26-3)8-16(17)21(23)25/h5-9,12,15,24H,10-11H2,1-4H3/t15-/m1/s1. The fraction of sp³-hybridized carbons (Fsp3) is 0.333. The van der Waals surface area contributed by atoms with E-state index in [-0.39, 0.29) is 18.7 Å². The second-order valence-electron chi connectivity index (χ2n) is 6.66. The molecule has 0 saturated carbocycles. The molecule has 0 radical (unpaired) electrons. The summed E-state index contributed by atoms with van der Waals surface area (Å²) in [5.41, 5.74) is 2.38. The van der Waals surface area contributed by atoms with Gasteiger partial charge in [0.25, 0.3) is 5.56 Å². The second-order valence-corrected chi connectivity index (χ2v) is 6.66. The summed E-state index contributed by atoms with van der Waals surface area (Å²) in [6.45, 7) is 4.10. The summed E-state index contributed by atoms with van der Waals surface area (Å²) in [4.78, 5) is 17.1. The van der Waals surface area contributed by atoms with Crippen LogP contribution in [0, 0.1) is 13.8 Å². The first-order valence-corrected chi connectivity index (χ1v) is 8.92. The first-order valence-electron chi connectivity index (χ1n) is 8.92. The summed E-state index contributed by atoms with van der Waals surface area (Å²) < 4.78 is 17.6. The maximum absolute atomic E-state index is 12.8. The third-order valence-electron chi connectivity index (χ3n) is 4.50. The van der Waals surface area contributed by atoms with Crippen LogP contribution in [-0.2, 0) is 6.54 Å². The minimum atomic E-state index is -0.863. The number of aryl methyl sites for hydroxylation is 2. The molecule has 0 bridgehead atoms. The van der Waals surface area contributed by atoms with Gasteiger partial charge >= 0.3 is 0 Å². The Labute approximate surface area is 163 Å². The fourth-order valence-corrected chi connectivity index (χ4v) is 3.04. The molecule has 28 heavy (non-hydrogen) atoms. The largest absolute Gasteiger partial charge is 0.493 e. The first kappa shape index (κ1) is 19.7. The molecular formula is C21H24N2O5. The number of ether oxygens (including phenoxy) is 3. The van der Waals surface area contributed by atoms with Crippen LogP contribution in [0.5, 0.6) is 17.2 Å². The van der Waals surface area contributed by atoms with E-state index in [0.29, 0.717) is 28.2 Å².